The number of pyridine rings is 2. The first-order chi connectivity index (χ1) is 13.4. The number of aromatic nitrogens is 2. The summed E-state index contributed by atoms with van der Waals surface area (Å²) in [7, 11) is 2.01. The SMILES string of the molecule is Cc1cc(C)c(NC(=O)c2cncc(N(C)CCc3ccncc3)c2)c(C)c1. The number of amides is 1. The molecule has 0 unspecified atom stereocenters. The molecule has 3 rings (SSSR count). The monoisotopic (exact) mass is 374 g/mol. The van der Waals surface area contributed by atoms with Gasteiger partial charge < -0.3 is 10.2 Å². The van der Waals surface area contributed by atoms with Crippen molar-refractivity contribution in [1.29, 1.82) is 0 Å². The minimum atomic E-state index is -0.146. The largest absolute Gasteiger partial charge is 0.373 e. The number of nitrogens with zero attached hydrogens (tertiary/aromatic N) is 3. The van der Waals surface area contributed by atoms with Crippen molar-refractivity contribution in [3.63, 3.8) is 0 Å². The van der Waals surface area contributed by atoms with E-state index in [9.17, 15) is 4.79 Å². The predicted molar refractivity (Wildman–Crippen MR) is 114 cm³/mol. The number of aryl methyl sites for hydroxylation is 3. The zero-order chi connectivity index (χ0) is 20.1. The van der Waals surface area contributed by atoms with Gasteiger partial charge in [0.1, 0.15) is 0 Å². The van der Waals surface area contributed by atoms with E-state index in [0.29, 0.717) is 5.56 Å². The van der Waals surface area contributed by atoms with Gasteiger partial charge in [0.15, 0.2) is 0 Å². The number of likely N-dealkylation sites (N-methyl/N-ethyl adjacent to an activating group) is 1. The molecule has 5 nitrogen and oxygen atoms in total. The summed E-state index contributed by atoms with van der Waals surface area (Å²) in [6, 6.07) is 10.1. The number of benzene rings is 1. The summed E-state index contributed by atoms with van der Waals surface area (Å²) in [4.78, 5) is 23.2. The van der Waals surface area contributed by atoms with E-state index in [2.05, 4.69) is 39.2 Å². The van der Waals surface area contributed by atoms with Gasteiger partial charge in [0.2, 0.25) is 0 Å². The Kier molecular flexibility index (Phi) is 6.04. The van der Waals surface area contributed by atoms with Crippen LogP contribution in [0.1, 0.15) is 32.6 Å². The number of hydrogen-bond donors (Lipinski definition) is 1. The summed E-state index contributed by atoms with van der Waals surface area (Å²) >= 11 is 0. The zero-order valence-electron chi connectivity index (χ0n) is 16.9. The molecular weight excluding hydrogens is 348 g/mol. The standard InChI is InChI=1S/C23H26N4O/c1-16-11-17(2)22(18(3)12-16)26-23(28)20-13-21(15-25-14-20)27(4)10-7-19-5-8-24-9-6-19/h5-6,8-9,11-15H,7,10H2,1-4H3,(H,26,28). The van der Waals surface area contributed by atoms with Gasteiger partial charge in [-0.2, -0.15) is 0 Å². The van der Waals surface area contributed by atoms with Crippen molar-refractivity contribution in [2.45, 2.75) is 27.2 Å². The molecule has 3 aromatic rings. The Morgan fingerprint density at radius 3 is 2.36 bits per heavy atom. The molecule has 0 aliphatic rings. The first-order valence-corrected chi connectivity index (χ1v) is 9.38. The second-order valence-corrected chi connectivity index (χ2v) is 7.19. The van der Waals surface area contributed by atoms with E-state index in [1.165, 1.54) is 11.1 Å². The zero-order valence-corrected chi connectivity index (χ0v) is 16.9. The first kappa shape index (κ1) is 19.5. The third-order valence-electron chi connectivity index (χ3n) is 4.83. The van der Waals surface area contributed by atoms with E-state index in [1.54, 1.807) is 24.8 Å². The number of rotatable bonds is 6. The summed E-state index contributed by atoms with van der Waals surface area (Å²) in [5, 5.41) is 3.04. The minimum Gasteiger partial charge on any atom is -0.373 e. The molecule has 0 saturated carbocycles. The third kappa shape index (κ3) is 4.74. The molecule has 0 aliphatic heterocycles. The van der Waals surface area contributed by atoms with Crippen LogP contribution >= 0.6 is 0 Å². The number of carbonyl (C=O) groups excluding carboxylic acids is 1. The fraction of sp³-hybridized carbons (Fsp3) is 0.261. The normalized spacial score (nSPS) is 10.6. The van der Waals surface area contributed by atoms with Crippen LogP contribution in [-0.4, -0.2) is 29.5 Å². The van der Waals surface area contributed by atoms with Crippen molar-refractivity contribution < 1.29 is 4.79 Å². The smallest absolute Gasteiger partial charge is 0.257 e. The number of anilines is 2. The van der Waals surface area contributed by atoms with Crippen LogP contribution in [0.25, 0.3) is 0 Å². The van der Waals surface area contributed by atoms with Gasteiger partial charge in [-0.15, -0.1) is 0 Å². The van der Waals surface area contributed by atoms with Crippen molar-refractivity contribution in [2.75, 3.05) is 23.8 Å². The lowest BCUT2D eigenvalue weighted by molar-refractivity contribution is 0.102. The summed E-state index contributed by atoms with van der Waals surface area (Å²) in [5.74, 6) is -0.146. The van der Waals surface area contributed by atoms with Crippen molar-refractivity contribution >= 4 is 17.3 Å². The highest BCUT2D eigenvalue weighted by molar-refractivity contribution is 6.05. The molecule has 2 aromatic heterocycles. The number of carbonyl (C=O) groups is 1. The maximum absolute atomic E-state index is 12.8. The van der Waals surface area contributed by atoms with Gasteiger partial charge in [0, 0.05) is 37.9 Å². The molecular formula is C23H26N4O. The third-order valence-corrected chi connectivity index (χ3v) is 4.83. The van der Waals surface area contributed by atoms with Gasteiger partial charge in [-0.1, -0.05) is 17.7 Å². The van der Waals surface area contributed by atoms with Gasteiger partial charge in [0.25, 0.3) is 5.91 Å². The van der Waals surface area contributed by atoms with Gasteiger partial charge in [-0.05, 0) is 62.1 Å². The fourth-order valence-electron chi connectivity index (χ4n) is 3.30. The van der Waals surface area contributed by atoms with Gasteiger partial charge in [-0.25, -0.2) is 0 Å². The molecule has 144 valence electrons. The highest BCUT2D eigenvalue weighted by Gasteiger charge is 2.12. The van der Waals surface area contributed by atoms with Crippen LogP contribution in [-0.2, 0) is 6.42 Å². The average molecular weight is 374 g/mol. The quantitative estimate of drug-likeness (QED) is 0.698. The Bertz CT molecular complexity index is 946. The topological polar surface area (TPSA) is 58.1 Å². The first-order valence-electron chi connectivity index (χ1n) is 9.38. The van der Waals surface area contributed by atoms with E-state index in [-0.39, 0.29) is 5.91 Å². The Hall–Kier alpha value is -3.21. The van der Waals surface area contributed by atoms with E-state index in [1.807, 2.05) is 39.1 Å². The molecule has 0 aliphatic carbocycles. The van der Waals surface area contributed by atoms with Crippen LogP contribution in [0.3, 0.4) is 0 Å². The van der Waals surface area contributed by atoms with Crippen molar-refractivity contribution in [2.24, 2.45) is 0 Å². The molecule has 0 bridgehead atoms. The van der Waals surface area contributed by atoms with Crippen molar-refractivity contribution in [3.8, 4) is 0 Å². The molecule has 0 atom stereocenters. The van der Waals surface area contributed by atoms with Crippen LogP contribution in [0.4, 0.5) is 11.4 Å². The van der Waals surface area contributed by atoms with E-state index in [0.717, 1.165) is 35.5 Å². The van der Waals surface area contributed by atoms with Crippen LogP contribution in [0.2, 0.25) is 0 Å². The Labute approximate surface area is 166 Å². The molecule has 5 heteroatoms. The molecule has 1 amide bonds. The number of hydrogen-bond acceptors (Lipinski definition) is 4. The lowest BCUT2D eigenvalue weighted by Crippen LogP contribution is -2.21. The molecule has 28 heavy (non-hydrogen) atoms. The van der Waals surface area contributed by atoms with Gasteiger partial charge in [-0.3, -0.25) is 14.8 Å². The average Bonchev–Trinajstić information content (AvgIpc) is 2.69. The van der Waals surface area contributed by atoms with E-state index >= 15 is 0 Å². The lowest BCUT2D eigenvalue weighted by Gasteiger charge is -2.19. The maximum atomic E-state index is 12.8. The van der Waals surface area contributed by atoms with Crippen molar-refractivity contribution in [1.82, 2.24) is 9.97 Å². The summed E-state index contributed by atoms with van der Waals surface area (Å²) in [6.07, 6.45) is 7.89. The maximum Gasteiger partial charge on any atom is 0.257 e. The van der Waals surface area contributed by atoms with E-state index in [4.69, 9.17) is 0 Å². The fourth-order valence-corrected chi connectivity index (χ4v) is 3.30. The van der Waals surface area contributed by atoms with Crippen LogP contribution in [0, 0.1) is 20.8 Å². The molecule has 2 heterocycles. The Morgan fingerprint density at radius 2 is 1.68 bits per heavy atom. The summed E-state index contributed by atoms with van der Waals surface area (Å²) < 4.78 is 0. The van der Waals surface area contributed by atoms with Gasteiger partial charge >= 0.3 is 0 Å². The summed E-state index contributed by atoms with van der Waals surface area (Å²) in [6.45, 7) is 6.90. The molecule has 0 fully saturated rings. The second kappa shape index (κ2) is 8.65. The van der Waals surface area contributed by atoms with Gasteiger partial charge in [0.05, 0.1) is 17.4 Å². The van der Waals surface area contributed by atoms with Crippen molar-refractivity contribution in [3.05, 3.63) is 82.9 Å². The second-order valence-electron chi connectivity index (χ2n) is 7.19. The van der Waals surface area contributed by atoms with Crippen LogP contribution in [0.5, 0.6) is 0 Å². The highest BCUT2D eigenvalue weighted by Crippen LogP contribution is 2.23. The van der Waals surface area contributed by atoms with Crippen LogP contribution < -0.4 is 10.2 Å². The molecule has 1 aromatic carbocycles. The Morgan fingerprint density at radius 1 is 1.00 bits per heavy atom. The lowest BCUT2D eigenvalue weighted by atomic mass is 10.0. The summed E-state index contributed by atoms with van der Waals surface area (Å²) in [5.41, 5.74) is 6.87. The van der Waals surface area contributed by atoms with Crippen LogP contribution in [0.15, 0.2) is 55.1 Å². The molecule has 0 radical (unpaired) electrons. The Balaban J connectivity index is 1.71. The molecule has 0 spiro atoms. The van der Waals surface area contributed by atoms with E-state index < -0.39 is 0 Å². The predicted octanol–water partition coefficient (Wildman–Crippen LogP) is 4.33. The minimum absolute atomic E-state index is 0.146. The molecule has 1 N–H and O–H groups in total. The number of nitrogens with one attached hydrogen (secondary N) is 1. The molecule has 0 saturated heterocycles. The highest BCUT2D eigenvalue weighted by atomic mass is 16.1.